The standard InChI is InChI=1S/C17H21F2NO/c18-13-4-12(21)5-14(19)15(13)16(20)17-6-9-1-10(7-17)3-11(2-9)8-17/h4-5,9-11,16,21H,1-3,6-8,20H2. The van der Waals surface area contributed by atoms with Crippen LogP contribution in [0.4, 0.5) is 8.78 Å². The lowest BCUT2D eigenvalue weighted by atomic mass is 9.47. The zero-order chi connectivity index (χ0) is 14.8. The molecule has 0 aliphatic heterocycles. The summed E-state index contributed by atoms with van der Waals surface area (Å²) in [5.74, 6) is 0.250. The number of benzene rings is 1. The second-order valence-corrected chi connectivity index (χ2v) is 7.58. The first-order valence-electron chi connectivity index (χ1n) is 7.90. The highest BCUT2D eigenvalue weighted by molar-refractivity contribution is 5.33. The van der Waals surface area contributed by atoms with Crippen molar-refractivity contribution >= 4 is 0 Å². The molecule has 3 N–H and O–H groups in total. The minimum Gasteiger partial charge on any atom is -0.508 e. The van der Waals surface area contributed by atoms with Crippen LogP contribution >= 0.6 is 0 Å². The van der Waals surface area contributed by atoms with E-state index in [9.17, 15) is 13.9 Å². The van der Waals surface area contributed by atoms with Gasteiger partial charge in [-0.2, -0.15) is 0 Å². The zero-order valence-electron chi connectivity index (χ0n) is 12.0. The molecular formula is C17H21F2NO. The molecule has 4 fully saturated rings. The minimum absolute atomic E-state index is 0.0326. The monoisotopic (exact) mass is 293 g/mol. The molecule has 5 rings (SSSR count). The number of hydrogen-bond donors (Lipinski definition) is 2. The SMILES string of the molecule is NC(c1c(F)cc(O)cc1F)C12CC3CC(CC(C3)C1)C2. The Labute approximate surface area is 123 Å². The third-order valence-corrected chi connectivity index (χ3v) is 6.12. The molecule has 1 aromatic rings. The fourth-order valence-corrected chi connectivity index (χ4v) is 5.73. The summed E-state index contributed by atoms with van der Waals surface area (Å²) in [6, 6.07) is 1.34. The molecule has 1 atom stereocenters. The van der Waals surface area contributed by atoms with Crippen molar-refractivity contribution in [2.45, 2.75) is 44.6 Å². The topological polar surface area (TPSA) is 46.2 Å². The third-order valence-electron chi connectivity index (χ3n) is 6.12. The van der Waals surface area contributed by atoms with E-state index in [0.29, 0.717) is 17.8 Å². The molecule has 0 radical (unpaired) electrons. The van der Waals surface area contributed by atoms with E-state index < -0.39 is 17.7 Å². The highest BCUT2D eigenvalue weighted by Gasteiger charge is 2.54. The van der Waals surface area contributed by atoms with Gasteiger partial charge in [-0.15, -0.1) is 0 Å². The van der Waals surface area contributed by atoms with Gasteiger partial charge < -0.3 is 10.8 Å². The second-order valence-electron chi connectivity index (χ2n) is 7.58. The lowest BCUT2D eigenvalue weighted by Crippen LogP contribution is -2.51. The summed E-state index contributed by atoms with van der Waals surface area (Å²) in [4.78, 5) is 0. The molecule has 4 aliphatic carbocycles. The van der Waals surface area contributed by atoms with E-state index in [1.807, 2.05) is 0 Å². The summed E-state index contributed by atoms with van der Waals surface area (Å²) in [6.07, 6.45) is 6.81. The molecule has 0 heterocycles. The average molecular weight is 293 g/mol. The molecule has 0 amide bonds. The average Bonchev–Trinajstić information content (AvgIpc) is 2.35. The Morgan fingerprint density at radius 1 is 1.00 bits per heavy atom. The molecule has 21 heavy (non-hydrogen) atoms. The number of rotatable bonds is 2. The second kappa shape index (κ2) is 4.42. The fourth-order valence-electron chi connectivity index (χ4n) is 5.73. The highest BCUT2D eigenvalue weighted by Crippen LogP contribution is 2.63. The Morgan fingerprint density at radius 2 is 1.43 bits per heavy atom. The van der Waals surface area contributed by atoms with Crippen LogP contribution in [0.2, 0.25) is 0 Å². The van der Waals surface area contributed by atoms with Crippen molar-refractivity contribution in [1.29, 1.82) is 0 Å². The molecule has 114 valence electrons. The maximum atomic E-state index is 14.2. The van der Waals surface area contributed by atoms with E-state index in [-0.39, 0.29) is 16.7 Å². The first-order chi connectivity index (χ1) is 9.97. The van der Waals surface area contributed by atoms with E-state index in [0.717, 1.165) is 31.4 Å². The Hall–Kier alpha value is -1.16. The summed E-state index contributed by atoms with van der Waals surface area (Å²) in [5.41, 5.74) is 6.21. The Balaban J connectivity index is 1.73. The van der Waals surface area contributed by atoms with Gasteiger partial charge in [-0.1, -0.05) is 0 Å². The molecule has 4 saturated carbocycles. The van der Waals surface area contributed by atoms with Crippen molar-refractivity contribution in [2.24, 2.45) is 28.9 Å². The van der Waals surface area contributed by atoms with E-state index in [1.54, 1.807) is 0 Å². The van der Waals surface area contributed by atoms with Crippen LogP contribution in [0.5, 0.6) is 5.75 Å². The van der Waals surface area contributed by atoms with Gasteiger partial charge in [0.25, 0.3) is 0 Å². The maximum Gasteiger partial charge on any atom is 0.134 e. The van der Waals surface area contributed by atoms with E-state index >= 15 is 0 Å². The highest BCUT2D eigenvalue weighted by atomic mass is 19.1. The van der Waals surface area contributed by atoms with Gasteiger partial charge in [0.05, 0.1) is 0 Å². The Kier molecular flexibility index (Phi) is 2.84. The van der Waals surface area contributed by atoms with Gasteiger partial charge in [0.1, 0.15) is 17.4 Å². The Bertz CT molecular complexity index is 528. The summed E-state index contributed by atoms with van der Waals surface area (Å²) in [6.45, 7) is 0. The van der Waals surface area contributed by atoms with E-state index in [1.165, 1.54) is 19.3 Å². The molecule has 0 saturated heterocycles. The molecule has 1 unspecified atom stereocenters. The van der Waals surface area contributed by atoms with Gasteiger partial charge in [0.15, 0.2) is 0 Å². The van der Waals surface area contributed by atoms with Crippen LogP contribution in [0.15, 0.2) is 12.1 Å². The van der Waals surface area contributed by atoms with Crippen molar-refractivity contribution in [3.05, 3.63) is 29.3 Å². The number of aromatic hydroxyl groups is 1. The Morgan fingerprint density at radius 3 is 1.86 bits per heavy atom. The van der Waals surface area contributed by atoms with Crippen LogP contribution in [0, 0.1) is 34.8 Å². The van der Waals surface area contributed by atoms with Crippen molar-refractivity contribution in [2.75, 3.05) is 0 Å². The van der Waals surface area contributed by atoms with Gasteiger partial charge in [-0.3, -0.25) is 0 Å². The first-order valence-corrected chi connectivity index (χ1v) is 7.90. The van der Waals surface area contributed by atoms with Crippen LogP contribution in [0.3, 0.4) is 0 Å². The van der Waals surface area contributed by atoms with Crippen molar-refractivity contribution in [3.8, 4) is 5.75 Å². The molecule has 4 bridgehead atoms. The lowest BCUT2D eigenvalue weighted by molar-refractivity contribution is -0.0688. The van der Waals surface area contributed by atoms with E-state index in [4.69, 9.17) is 5.73 Å². The van der Waals surface area contributed by atoms with Crippen molar-refractivity contribution in [3.63, 3.8) is 0 Å². The van der Waals surface area contributed by atoms with Gasteiger partial charge >= 0.3 is 0 Å². The number of nitrogens with two attached hydrogens (primary N) is 1. The smallest absolute Gasteiger partial charge is 0.134 e. The molecule has 0 spiro atoms. The molecule has 0 aromatic heterocycles. The summed E-state index contributed by atoms with van der Waals surface area (Å²) in [5, 5.41) is 9.31. The van der Waals surface area contributed by atoms with Crippen LogP contribution in [0.25, 0.3) is 0 Å². The summed E-state index contributed by atoms with van der Waals surface area (Å²) < 4.78 is 28.3. The maximum absolute atomic E-state index is 14.2. The molecule has 2 nitrogen and oxygen atoms in total. The molecule has 4 aliphatic rings. The van der Waals surface area contributed by atoms with Gasteiger partial charge in [0, 0.05) is 23.7 Å². The first kappa shape index (κ1) is 13.5. The predicted octanol–water partition coefficient (Wildman–Crippen LogP) is 3.89. The predicted molar refractivity (Wildman–Crippen MR) is 75.6 cm³/mol. The summed E-state index contributed by atoms with van der Waals surface area (Å²) in [7, 11) is 0. The van der Waals surface area contributed by atoms with Crippen LogP contribution in [0.1, 0.15) is 50.1 Å². The largest absolute Gasteiger partial charge is 0.508 e. The minimum atomic E-state index is -0.712. The van der Waals surface area contributed by atoms with Crippen molar-refractivity contribution < 1.29 is 13.9 Å². The van der Waals surface area contributed by atoms with Crippen LogP contribution in [-0.2, 0) is 0 Å². The molecule has 4 heteroatoms. The van der Waals surface area contributed by atoms with Crippen LogP contribution < -0.4 is 5.73 Å². The molecule has 1 aromatic carbocycles. The quantitative estimate of drug-likeness (QED) is 0.869. The van der Waals surface area contributed by atoms with E-state index in [2.05, 4.69) is 0 Å². The van der Waals surface area contributed by atoms with Gasteiger partial charge in [-0.25, -0.2) is 8.78 Å². The zero-order valence-corrected chi connectivity index (χ0v) is 12.0. The number of halogens is 2. The van der Waals surface area contributed by atoms with Crippen molar-refractivity contribution in [1.82, 2.24) is 0 Å². The number of phenolic OH excluding ortho intramolecular Hbond substituents is 1. The number of hydrogen-bond acceptors (Lipinski definition) is 2. The summed E-state index contributed by atoms with van der Waals surface area (Å²) >= 11 is 0. The third kappa shape index (κ3) is 1.99. The number of phenols is 1. The van der Waals surface area contributed by atoms with Gasteiger partial charge in [0.2, 0.25) is 0 Å². The van der Waals surface area contributed by atoms with Gasteiger partial charge in [-0.05, 0) is 61.7 Å². The lowest BCUT2D eigenvalue weighted by Gasteiger charge is -2.59. The molecular weight excluding hydrogens is 272 g/mol. The van der Waals surface area contributed by atoms with Crippen LogP contribution in [-0.4, -0.2) is 5.11 Å². The fraction of sp³-hybridized carbons (Fsp3) is 0.647. The normalized spacial score (nSPS) is 38.7.